The van der Waals surface area contributed by atoms with Gasteiger partial charge in [-0.25, -0.2) is 15.8 Å². The highest BCUT2D eigenvalue weighted by Crippen LogP contribution is 2.26. The first-order chi connectivity index (χ1) is 7.67. The molecule has 0 radical (unpaired) electrons. The summed E-state index contributed by atoms with van der Waals surface area (Å²) in [5.41, 5.74) is 2.51. The second-order valence-corrected chi connectivity index (χ2v) is 4.33. The van der Waals surface area contributed by atoms with E-state index in [9.17, 15) is 0 Å². The number of rotatable bonds is 3. The zero-order valence-electron chi connectivity index (χ0n) is 9.01. The van der Waals surface area contributed by atoms with Crippen molar-refractivity contribution in [3.05, 3.63) is 24.3 Å². The van der Waals surface area contributed by atoms with Gasteiger partial charge in [0, 0.05) is 19.3 Å². The van der Waals surface area contributed by atoms with Crippen molar-refractivity contribution in [3.63, 3.8) is 0 Å². The molecule has 2 rings (SSSR count). The van der Waals surface area contributed by atoms with Gasteiger partial charge in [0.15, 0.2) is 0 Å². The third-order valence-corrected chi connectivity index (χ3v) is 2.73. The number of nitrogens with one attached hydrogen (secondary N) is 1. The van der Waals surface area contributed by atoms with Gasteiger partial charge >= 0.3 is 0 Å². The summed E-state index contributed by atoms with van der Waals surface area (Å²) >= 11 is 1.52. The van der Waals surface area contributed by atoms with Gasteiger partial charge < -0.3 is 5.43 Å². The summed E-state index contributed by atoms with van der Waals surface area (Å²) in [4.78, 5) is 9.45. The molecule has 2 aromatic heterocycles. The molecule has 0 saturated heterocycles. The quantitative estimate of drug-likeness (QED) is 0.469. The lowest BCUT2D eigenvalue weighted by Crippen LogP contribution is -2.09. The first kappa shape index (κ1) is 10.9. The van der Waals surface area contributed by atoms with Gasteiger partial charge in [-0.3, -0.25) is 4.68 Å². The SMILES string of the molecule is Cc1nc(NN)cc(Sc2cnn(C)c2)n1. The molecule has 0 aromatic carbocycles. The topological polar surface area (TPSA) is 81.6 Å². The Morgan fingerprint density at radius 1 is 1.44 bits per heavy atom. The summed E-state index contributed by atoms with van der Waals surface area (Å²) < 4.78 is 1.75. The fraction of sp³-hybridized carbons (Fsp3) is 0.222. The fourth-order valence-corrected chi connectivity index (χ4v) is 2.13. The Labute approximate surface area is 97.2 Å². The van der Waals surface area contributed by atoms with Gasteiger partial charge in [-0.2, -0.15) is 5.10 Å². The van der Waals surface area contributed by atoms with Crippen LogP contribution in [0.2, 0.25) is 0 Å². The Morgan fingerprint density at radius 2 is 2.25 bits per heavy atom. The molecule has 0 aliphatic heterocycles. The Morgan fingerprint density at radius 3 is 2.88 bits per heavy atom. The maximum Gasteiger partial charge on any atom is 0.144 e. The number of nitrogens with zero attached hydrogens (tertiary/aromatic N) is 4. The second-order valence-electron chi connectivity index (χ2n) is 3.23. The molecule has 6 nitrogen and oxygen atoms in total. The van der Waals surface area contributed by atoms with Crippen molar-refractivity contribution >= 4 is 17.6 Å². The van der Waals surface area contributed by atoms with Gasteiger partial charge in [-0.05, 0) is 6.92 Å². The van der Waals surface area contributed by atoms with Crippen molar-refractivity contribution in [3.8, 4) is 0 Å². The summed E-state index contributed by atoms with van der Waals surface area (Å²) in [6.07, 6.45) is 3.72. The van der Waals surface area contributed by atoms with Crippen LogP contribution < -0.4 is 11.3 Å². The van der Waals surface area contributed by atoms with Crippen molar-refractivity contribution in [2.24, 2.45) is 12.9 Å². The van der Waals surface area contributed by atoms with Crippen LogP contribution in [-0.4, -0.2) is 19.7 Å². The summed E-state index contributed by atoms with van der Waals surface area (Å²) in [5.74, 6) is 6.61. The Balaban J connectivity index is 2.24. The number of nitrogens with two attached hydrogens (primary N) is 1. The Bertz CT molecular complexity index is 494. The van der Waals surface area contributed by atoms with Gasteiger partial charge in [0.05, 0.1) is 11.1 Å². The summed E-state index contributed by atoms with van der Waals surface area (Å²) in [6, 6.07) is 1.80. The van der Waals surface area contributed by atoms with Crippen LogP contribution in [0.3, 0.4) is 0 Å². The average molecular weight is 236 g/mol. The van der Waals surface area contributed by atoms with Crippen LogP contribution in [0.4, 0.5) is 5.82 Å². The molecule has 2 heterocycles. The van der Waals surface area contributed by atoms with E-state index in [1.165, 1.54) is 11.8 Å². The van der Waals surface area contributed by atoms with Crippen LogP contribution in [-0.2, 0) is 7.05 Å². The molecule has 0 bridgehead atoms. The summed E-state index contributed by atoms with van der Waals surface area (Å²) in [5, 5.41) is 4.93. The van der Waals surface area contributed by atoms with Gasteiger partial charge in [-0.1, -0.05) is 11.8 Å². The van der Waals surface area contributed by atoms with E-state index in [-0.39, 0.29) is 0 Å². The van der Waals surface area contributed by atoms with Crippen LogP contribution in [0.5, 0.6) is 0 Å². The number of aryl methyl sites for hydroxylation is 2. The van der Waals surface area contributed by atoms with Gasteiger partial charge in [0.25, 0.3) is 0 Å². The van der Waals surface area contributed by atoms with E-state index in [1.807, 2.05) is 20.2 Å². The zero-order valence-corrected chi connectivity index (χ0v) is 9.82. The van der Waals surface area contributed by atoms with Crippen LogP contribution >= 0.6 is 11.8 Å². The molecule has 0 aliphatic rings. The van der Waals surface area contributed by atoms with Crippen LogP contribution in [0, 0.1) is 6.92 Å². The normalized spacial score (nSPS) is 10.4. The first-order valence-electron chi connectivity index (χ1n) is 4.66. The predicted molar refractivity (Wildman–Crippen MR) is 61.9 cm³/mol. The molecule has 0 saturated carbocycles. The van der Waals surface area contributed by atoms with Crippen molar-refractivity contribution in [1.29, 1.82) is 0 Å². The summed E-state index contributed by atoms with van der Waals surface area (Å²) in [7, 11) is 1.88. The standard InChI is InChI=1S/C9H12N6S/c1-6-12-8(14-10)3-9(13-6)16-7-4-11-15(2)5-7/h3-5H,10H2,1-2H3,(H,12,13,14). The predicted octanol–water partition coefficient (Wildman–Crippen LogP) is 0.955. The van der Waals surface area contributed by atoms with E-state index in [2.05, 4.69) is 20.5 Å². The molecule has 2 aromatic rings. The lowest BCUT2D eigenvalue weighted by Gasteiger charge is -2.03. The largest absolute Gasteiger partial charge is 0.308 e. The molecule has 16 heavy (non-hydrogen) atoms. The minimum Gasteiger partial charge on any atom is -0.308 e. The van der Waals surface area contributed by atoms with Crippen LogP contribution in [0.15, 0.2) is 28.4 Å². The number of aromatic nitrogens is 4. The van der Waals surface area contributed by atoms with Gasteiger partial charge in [-0.15, -0.1) is 0 Å². The van der Waals surface area contributed by atoms with Crippen LogP contribution in [0.1, 0.15) is 5.82 Å². The van der Waals surface area contributed by atoms with E-state index < -0.39 is 0 Å². The first-order valence-corrected chi connectivity index (χ1v) is 5.48. The van der Waals surface area contributed by atoms with Crippen molar-refractivity contribution < 1.29 is 0 Å². The van der Waals surface area contributed by atoms with E-state index in [4.69, 9.17) is 5.84 Å². The van der Waals surface area contributed by atoms with E-state index in [0.29, 0.717) is 11.6 Å². The van der Waals surface area contributed by atoms with E-state index >= 15 is 0 Å². The Hall–Kier alpha value is -1.60. The number of anilines is 1. The molecule has 0 atom stereocenters. The highest BCUT2D eigenvalue weighted by molar-refractivity contribution is 7.99. The highest BCUT2D eigenvalue weighted by Gasteiger charge is 2.04. The zero-order chi connectivity index (χ0) is 11.5. The molecule has 7 heteroatoms. The average Bonchev–Trinajstić information content (AvgIpc) is 2.63. The third kappa shape index (κ3) is 2.50. The van der Waals surface area contributed by atoms with Crippen molar-refractivity contribution in [2.75, 3.05) is 5.43 Å². The smallest absolute Gasteiger partial charge is 0.144 e. The number of hydrazine groups is 1. The minimum absolute atomic E-state index is 0.610. The third-order valence-electron chi connectivity index (χ3n) is 1.87. The van der Waals surface area contributed by atoms with Gasteiger partial charge in [0.1, 0.15) is 16.7 Å². The molecule has 0 aliphatic carbocycles. The lowest BCUT2D eigenvalue weighted by atomic mass is 10.5. The lowest BCUT2D eigenvalue weighted by molar-refractivity contribution is 0.766. The molecular formula is C9H12N6S. The summed E-state index contributed by atoms with van der Waals surface area (Å²) in [6.45, 7) is 1.83. The molecule has 3 N–H and O–H groups in total. The maximum absolute atomic E-state index is 5.32. The number of hydrogen-bond donors (Lipinski definition) is 2. The van der Waals surface area contributed by atoms with Crippen LogP contribution in [0.25, 0.3) is 0 Å². The second kappa shape index (κ2) is 4.50. The fourth-order valence-electron chi connectivity index (χ4n) is 1.24. The molecule has 84 valence electrons. The van der Waals surface area contributed by atoms with E-state index in [1.54, 1.807) is 16.9 Å². The number of hydrogen-bond acceptors (Lipinski definition) is 6. The highest BCUT2D eigenvalue weighted by atomic mass is 32.2. The van der Waals surface area contributed by atoms with Crippen molar-refractivity contribution in [1.82, 2.24) is 19.7 Å². The monoisotopic (exact) mass is 236 g/mol. The Kier molecular flexibility index (Phi) is 3.07. The number of nitrogen functional groups attached to an aromatic ring is 1. The van der Waals surface area contributed by atoms with Crippen molar-refractivity contribution in [2.45, 2.75) is 16.8 Å². The molecule has 0 spiro atoms. The maximum atomic E-state index is 5.32. The minimum atomic E-state index is 0.610. The molecule has 0 amide bonds. The van der Waals surface area contributed by atoms with E-state index in [0.717, 1.165) is 9.92 Å². The molecular weight excluding hydrogens is 224 g/mol. The molecule has 0 fully saturated rings. The molecule has 0 unspecified atom stereocenters. The van der Waals surface area contributed by atoms with Gasteiger partial charge in [0.2, 0.25) is 0 Å².